The van der Waals surface area contributed by atoms with Crippen molar-refractivity contribution in [1.29, 1.82) is 0 Å². The van der Waals surface area contributed by atoms with Crippen molar-refractivity contribution in [1.82, 2.24) is 20.1 Å². The third kappa shape index (κ3) is 5.21. The second kappa shape index (κ2) is 9.66. The van der Waals surface area contributed by atoms with E-state index in [9.17, 15) is 19.2 Å². The maximum Gasteiger partial charge on any atom is 0.349 e. The van der Waals surface area contributed by atoms with E-state index < -0.39 is 23.1 Å². The first-order valence-corrected chi connectivity index (χ1v) is 9.32. The molecule has 1 amide bonds. The molecule has 30 heavy (non-hydrogen) atoms. The van der Waals surface area contributed by atoms with E-state index >= 15 is 0 Å². The van der Waals surface area contributed by atoms with E-state index in [-0.39, 0.29) is 29.4 Å². The van der Waals surface area contributed by atoms with Gasteiger partial charge in [0, 0.05) is 6.54 Å². The highest BCUT2D eigenvalue weighted by Gasteiger charge is 2.13. The van der Waals surface area contributed by atoms with Crippen molar-refractivity contribution < 1.29 is 14.3 Å². The van der Waals surface area contributed by atoms with Crippen LogP contribution in [0.5, 0.6) is 0 Å². The average molecular weight is 429 g/mol. The molecule has 1 heterocycles. The van der Waals surface area contributed by atoms with Gasteiger partial charge in [-0.15, -0.1) is 0 Å². The summed E-state index contributed by atoms with van der Waals surface area (Å²) in [6.07, 6.45) is 1.36. The Morgan fingerprint density at radius 2 is 1.90 bits per heavy atom. The standard InChI is InChI=1S/C20H17ClN4O5/c21-16-8-7-14(25-20(29)24-17(26)12-23-25)11-15(16)18(27)22-9-4-10-30-19(28)13-5-2-1-3-6-13/h1-3,5-8,11-12H,4,9-10H2,(H,22,27)(H,24,26,29). The van der Waals surface area contributed by atoms with Crippen molar-refractivity contribution in [2.24, 2.45) is 0 Å². The number of aromatic nitrogens is 3. The summed E-state index contributed by atoms with van der Waals surface area (Å²) in [6.45, 7) is 0.386. The number of ether oxygens (including phenoxy) is 1. The molecule has 0 radical (unpaired) electrons. The van der Waals surface area contributed by atoms with E-state index in [1.54, 1.807) is 30.3 Å². The molecular formula is C20H17ClN4O5. The fourth-order valence-corrected chi connectivity index (χ4v) is 2.75. The van der Waals surface area contributed by atoms with Gasteiger partial charge in [-0.3, -0.25) is 14.6 Å². The molecule has 10 heteroatoms. The van der Waals surface area contributed by atoms with Crippen molar-refractivity contribution in [3.05, 3.63) is 91.7 Å². The predicted molar refractivity (Wildman–Crippen MR) is 109 cm³/mol. The molecule has 0 aliphatic carbocycles. The highest BCUT2D eigenvalue weighted by molar-refractivity contribution is 6.33. The molecule has 0 atom stereocenters. The highest BCUT2D eigenvalue weighted by atomic mass is 35.5. The summed E-state index contributed by atoms with van der Waals surface area (Å²) in [5.74, 6) is -0.898. The summed E-state index contributed by atoms with van der Waals surface area (Å²) in [4.78, 5) is 49.4. The lowest BCUT2D eigenvalue weighted by Crippen LogP contribution is -2.31. The van der Waals surface area contributed by atoms with Crippen molar-refractivity contribution in [2.45, 2.75) is 6.42 Å². The SMILES string of the molecule is O=C(OCCCNC(=O)c1cc(-n2ncc(=O)[nH]c2=O)ccc1Cl)c1ccccc1. The van der Waals surface area contributed by atoms with Gasteiger partial charge in [-0.2, -0.15) is 9.78 Å². The fraction of sp³-hybridized carbons (Fsp3) is 0.150. The normalized spacial score (nSPS) is 10.4. The van der Waals surface area contributed by atoms with E-state index in [2.05, 4.69) is 15.4 Å². The highest BCUT2D eigenvalue weighted by Crippen LogP contribution is 2.18. The zero-order valence-corrected chi connectivity index (χ0v) is 16.4. The third-order valence-corrected chi connectivity index (χ3v) is 4.33. The van der Waals surface area contributed by atoms with Crippen LogP contribution in [-0.2, 0) is 4.74 Å². The van der Waals surface area contributed by atoms with Crippen LogP contribution >= 0.6 is 11.6 Å². The Kier molecular flexibility index (Phi) is 6.76. The molecule has 0 unspecified atom stereocenters. The number of carbonyl (C=O) groups is 2. The van der Waals surface area contributed by atoms with Gasteiger partial charge >= 0.3 is 11.7 Å². The first kappa shape index (κ1) is 21.0. The molecule has 2 aromatic carbocycles. The number of H-pyrrole nitrogens is 1. The Hall–Kier alpha value is -3.72. The molecule has 0 spiro atoms. The van der Waals surface area contributed by atoms with E-state index in [4.69, 9.17) is 16.3 Å². The number of benzene rings is 2. The van der Waals surface area contributed by atoms with Crippen molar-refractivity contribution in [3.8, 4) is 5.69 Å². The summed E-state index contributed by atoms with van der Waals surface area (Å²) in [6, 6.07) is 12.9. The average Bonchev–Trinajstić information content (AvgIpc) is 2.74. The topological polar surface area (TPSA) is 123 Å². The summed E-state index contributed by atoms with van der Waals surface area (Å²) in [5.41, 5.74) is -0.512. The van der Waals surface area contributed by atoms with Gasteiger partial charge in [0.25, 0.3) is 11.5 Å². The Balaban J connectivity index is 1.57. The number of rotatable bonds is 7. The van der Waals surface area contributed by atoms with E-state index in [1.165, 1.54) is 18.2 Å². The molecule has 3 rings (SSSR count). The number of carbonyl (C=O) groups excluding carboxylic acids is 2. The van der Waals surface area contributed by atoms with Crippen LogP contribution in [0.2, 0.25) is 5.02 Å². The Morgan fingerprint density at radius 3 is 2.63 bits per heavy atom. The van der Waals surface area contributed by atoms with E-state index in [0.717, 1.165) is 10.9 Å². The number of hydrogen-bond acceptors (Lipinski definition) is 6. The van der Waals surface area contributed by atoms with Crippen LogP contribution in [0.1, 0.15) is 27.1 Å². The van der Waals surface area contributed by atoms with Crippen LogP contribution in [-0.4, -0.2) is 39.8 Å². The predicted octanol–water partition coefficient (Wildman–Crippen LogP) is 1.55. The molecule has 0 saturated carbocycles. The van der Waals surface area contributed by atoms with Crippen LogP contribution < -0.4 is 16.6 Å². The number of aromatic amines is 1. The van der Waals surface area contributed by atoms with Gasteiger partial charge in [0.1, 0.15) is 6.20 Å². The molecule has 3 aromatic rings. The van der Waals surface area contributed by atoms with Gasteiger partial charge in [-0.1, -0.05) is 29.8 Å². The summed E-state index contributed by atoms with van der Waals surface area (Å²) >= 11 is 6.10. The third-order valence-electron chi connectivity index (χ3n) is 4.00. The minimum absolute atomic E-state index is 0.135. The lowest BCUT2D eigenvalue weighted by molar-refractivity contribution is 0.0501. The smallest absolute Gasteiger partial charge is 0.349 e. The molecule has 0 aliphatic heterocycles. The van der Waals surface area contributed by atoms with Crippen LogP contribution in [0.4, 0.5) is 0 Å². The molecular weight excluding hydrogens is 412 g/mol. The second-order valence-electron chi connectivity index (χ2n) is 6.13. The minimum atomic E-state index is -0.739. The molecule has 0 aliphatic rings. The number of nitrogens with zero attached hydrogens (tertiary/aromatic N) is 2. The Morgan fingerprint density at radius 1 is 1.13 bits per heavy atom. The van der Waals surface area contributed by atoms with Crippen LogP contribution in [0.3, 0.4) is 0 Å². The maximum atomic E-state index is 12.4. The maximum absolute atomic E-state index is 12.4. The van der Waals surface area contributed by atoms with Crippen LogP contribution in [0.25, 0.3) is 5.69 Å². The number of esters is 1. The quantitative estimate of drug-likeness (QED) is 0.434. The lowest BCUT2D eigenvalue weighted by Gasteiger charge is -2.10. The summed E-state index contributed by atoms with van der Waals surface area (Å²) in [5, 5.41) is 6.60. The number of nitrogens with one attached hydrogen (secondary N) is 2. The number of halogens is 1. The molecule has 0 fully saturated rings. The molecule has 154 valence electrons. The molecule has 9 nitrogen and oxygen atoms in total. The molecule has 0 bridgehead atoms. The van der Waals surface area contributed by atoms with Gasteiger partial charge in [0.2, 0.25) is 0 Å². The van der Waals surface area contributed by atoms with E-state index in [1.807, 2.05) is 0 Å². The molecule has 1 aromatic heterocycles. The van der Waals surface area contributed by atoms with Gasteiger partial charge in [0.15, 0.2) is 0 Å². The van der Waals surface area contributed by atoms with Crippen LogP contribution in [0, 0.1) is 0 Å². The lowest BCUT2D eigenvalue weighted by atomic mass is 10.2. The Labute approximate surface area is 175 Å². The largest absolute Gasteiger partial charge is 0.462 e. The van der Waals surface area contributed by atoms with E-state index in [0.29, 0.717) is 12.0 Å². The summed E-state index contributed by atoms with van der Waals surface area (Å²) < 4.78 is 6.09. The Bertz CT molecular complexity index is 1170. The molecule has 0 saturated heterocycles. The summed E-state index contributed by atoms with van der Waals surface area (Å²) in [7, 11) is 0. The minimum Gasteiger partial charge on any atom is -0.462 e. The zero-order valence-electron chi connectivity index (χ0n) is 15.6. The molecule has 2 N–H and O–H groups in total. The van der Waals surface area contributed by atoms with Gasteiger partial charge in [-0.25, -0.2) is 9.59 Å². The van der Waals surface area contributed by atoms with Gasteiger partial charge in [-0.05, 0) is 36.8 Å². The first-order chi connectivity index (χ1) is 14.5. The van der Waals surface area contributed by atoms with Crippen LogP contribution in [0.15, 0.2) is 64.3 Å². The second-order valence-corrected chi connectivity index (χ2v) is 6.53. The van der Waals surface area contributed by atoms with Crippen molar-refractivity contribution >= 4 is 23.5 Å². The monoisotopic (exact) mass is 428 g/mol. The van der Waals surface area contributed by atoms with Crippen molar-refractivity contribution in [2.75, 3.05) is 13.2 Å². The fourth-order valence-electron chi connectivity index (χ4n) is 2.55. The van der Waals surface area contributed by atoms with Gasteiger partial charge < -0.3 is 10.1 Å². The zero-order chi connectivity index (χ0) is 21.5. The van der Waals surface area contributed by atoms with Gasteiger partial charge in [0.05, 0.1) is 28.4 Å². The first-order valence-electron chi connectivity index (χ1n) is 8.94. The van der Waals surface area contributed by atoms with Crippen molar-refractivity contribution in [3.63, 3.8) is 0 Å². The number of amides is 1. The number of hydrogen-bond donors (Lipinski definition) is 2.